The summed E-state index contributed by atoms with van der Waals surface area (Å²) >= 11 is 0. The third-order valence-corrected chi connectivity index (χ3v) is 9.80. The summed E-state index contributed by atoms with van der Waals surface area (Å²) < 4.78 is 61.4. The molecule has 2 fully saturated rings. The molecule has 3 aromatic rings. The molecule has 0 radical (unpaired) electrons. The molecule has 0 bridgehead atoms. The van der Waals surface area contributed by atoms with Gasteiger partial charge >= 0.3 is 0 Å². The van der Waals surface area contributed by atoms with Crippen molar-refractivity contribution in [3.63, 3.8) is 0 Å². The van der Waals surface area contributed by atoms with E-state index in [2.05, 4.69) is 34.0 Å². The van der Waals surface area contributed by atoms with Crippen LogP contribution in [0.4, 0.5) is 26.1 Å². The Kier molecular flexibility index (Phi) is 7.82. The number of benzene rings is 2. The van der Waals surface area contributed by atoms with Crippen molar-refractivity contribution in [2.24, 2.45) is 0 Å². The van der Waals surface area contributed by atoms with E-state index in [1.165, 1.54) is 29.2 Å². The minimum atomic E-state index is -3.98. The Morgan fingerprint density at radius 2 is 1.79 bits per heavy atom. The van der Waals surface area contributed by atoms with Crippen LogP contribution >= 0.6 is 0 Å². The van der Waals surface area contributed by atoms with Crippen LogP contribution in [0.25, 0.3) is 0 Å². The van der Waals surface area contributed by atoms with E-state index in [4.69, 9.17) is 9.72 Å². The Balaban J connectivity index is 1.18. The highest BCUT2D eigenvalue weighted by Gasteiger charge is 2.55. The standard InChI is InChI=1S/C30H34F2N6O4S/c1-37(2)23-9-7-22(8-10-23)34-29-33-14-20-15-38(28(39)30(17-42-18-30)27(20)35-29)24-11-12-26(25(32)13-24)36-43(40,41)16-19-3-5-21(31)6-4-19/h3-6,11-14,22-23,36H,7-10,15-18H2,1-2H3,(H,33,34,35). The van der Waals surface area contributed by atoms with E-state index < -0.39 is 32.8 Å². The van der Waals surface area contributed by atoms with E-state index in [-0.39, 0.29) is 43.1 Å². The molecule has 6 rings (SSSR count). The van der Waals surface area contributed by atoms with Crippen LogP contribution < -0.4 is 14.9 Å². The van der Waals surface area contributed by atoms with Crippen LogP contribution in [0.15, 0.2) is 48.7 Å². The molecule has 3 aliphatic rings. The van der Waals surface area contributed by atoms with Gasteiger partial charge in [-0.1, -0.05) is 12.1 Å². The van der Waals surface area contributed by atoms with E-state index >= 15 is 4.39 Å². The Hall–Kier alpha value is -3.68. The monoisotopic (exact) mass is 612 g/mol. The van der Waals surface area contributed by atoms with Crippen LogP contribution in [0.5, 0.6) is 0 Å². The fourth-order valence-electron chi connectivity index (χ4n) is 6.06. The summed E-state index contributed by atoms with van der Waals surface area (Å²) in [5.41, 5.74) is 0.756. The number of fused-ring (bicyclic) bond motifs is 2. The van der Waals surface area contributed by atoms with Crippen molar-refractivity contribution in [3.05, 3.63) is 77.1 Å². The minimum Gasteiger partial charge on any atom is -0.378 e. The predicted octanol–water partition coefficient (Wildman–Crippen LogP) is 3.80. The summed E-state index contributed by atoms with van der Waals surface area (Å²) in [4.78, 5) is 26.9. The number of hydrogen-bond acceptors (Lipinski definition) is 8. The molecule has 2 aromatic carbocycles. The second-order valence-corrected chi connectivity index (χ2v) is 13.5. The van der Waals surface area contributed by atoms with E-state index in [1.54, 1.807) is 6.20 Å². The maximum absolute atomic E-state index is 15.2. The lowest BCUT2D eigenvalue weighted by molar-refractivity contribution is -0.144. The second kappa shape index (κ2) is 11.4. The van der Waals surface area contributed by atoms with Gasteiger partial charge in [-0.05, 0) is 75.7 Å². The fourth-order valence-corrected chi connectivity index (χ4v) is 7.26. The molecule has 1 spiro atoms. The highest BCUT2D eigenvalue weighted by atomic mass is 32.2. The third-order valence-electron chi connectivity index (χ3n) is 8.56. The number of anilines is 3. The summed E-state index contributed by atoms with van der Waals surface area (Å²) in [6, 6.07) is 9.77. The van der Waals surface area contributed by atoms with E-state index in [1.807, 2.05) is 0 Å². The average molecular weight is 613 g/mol. The third kappa shape index (κ3) is 5.93. The van der Waals surface area contributed by atoms with Crippen molar-refractivity contribution in [2.75, 3.05) is 42.2 Å². The number of ether oxygens (including phenoxy) is 1. The molecule has 3 heterocycles. The van der Waals surface area contributed by atoms with Crippen LogP contribution in [0.3, 0.4) is 0 Å². The van der Waals surface area contributed by atoms with Gasteiger partial charge in [0.2, 0.25) is 21.9 Å². The first kappa shape index (κ1) is 29.4. The Morgan fingerprint density at radius 1 is 1.07 bits per heavy atom. The van der Waals surface area contributed by atoms with Gasteiger partial charge in [-0.15, -0.1) is 0 Å². The van der Waals surface area contributed by atoms with Crippen molar-refractivity contribution in [1.29, 1.82) is 0 Å². The average Bonchev–Trinajstić information content (AvgIpc) is 2.94. The number of nitrogens with zero attached hydrogens (tertiary/aromatic N) is 4. The van der Waals surface area contributed by atoms with Crippen LogP contribution in [0.1, 0.15) is 42.5 Å². The molecule has 228 valence electrons. The molecular weight excluding hydrogens is 578 g/mol. The van der Waals surface area contributed by atoms with Crippen LogP contribution in [-0.4, -0.2) is 68.6 Å². The maximum atomic E-state index is 15.2. The molecule has 1 amide bonds. The zero-order valence-corrected chi connectivity index (χ0v) is 24.8. The molecule has 1 saturated heterocycles. The van der Waals surface area contributed by atoms with E-state index in [0.29, 0.717) is 23.2 Å². The van der Waals surface area contributed by atoms with Gasteiger partial charge in [-0.25, -0.2) is 27.2 Å². The minimum absolute atomic E-state index is 0.138. The summed E-state index contributed by atoms with van der Waals surface area (Å²) in [7, 11) is 0.229. The van der Waals surface area contributed by atoms with Gasteiger partial charge in [0.15, 0.2) is 0 Å². The summed E-state index contributed by atoms with van der Waals surface area (Å²) in [6.45, 7) is 0.451. The number of amides is 1. The molecule has 43 heavy (non-hydrogen) atoms. The van der Waals surface area contributed by atoms with Gasteiger partial charge in [0.05, 0.1) is 36.9 Å². The zero-order chi connectivity index (χ0) is 30.4. The quantitative estimate of drug-likeness (QED) is 0.395. The smallest absolute Gasteiger partial charge is 0.244 e. The predicted molar refractivity (Wildman–Crippen MR) is 158 cm³/mol. The fraction of sp³-hybridized carbons (Fsp3) is 0.433. The number of carbonyl (C=O) groups is 1. The Bertz CT molecular complexity index is 1620. The van der Waals surface area contributed by atoms with Crippen LogP contribution in [0.2, 0.25) is 0 Å². The first-order valence-electron chi connectivity index (χ1n) is 14.3. The summed E-state index contributed by atoms with van der Waals surface area (Å²) in [5, 5.41) is 3.46. The van der Waals surface area contributed by atoms with Crippen molar-refractivity contribution >= 4 is 33.3 Å². The SMILES string of the molecule is CN(C)C1CCC(Nc2ncc3c(n2)C2(COC2)C(=O)N(c2ccc(NS(=O)(=O)Cc4ccc(F)cc4)c(F)c2)C3)CC1. The molecule has 1 saturated carbocycles. The van der Waals surface area contributed by atoms with Gasteiger partial charge in [0.1, 0.15) is 17.0 Å². The molecule has 2 N–H and O–H groups in total. The number of sulfonamides is 1. The van der Waals surface area contributed by atoms with E-state index in [9.17, 15) is 17.6 Å². The molecule has 1 aromatic heterocycles. The number of rotatable bonds is 8. The van der Waals surface area contributed by atoms with Crippen LogP contribution in [0, 0.1) is 11.6 Å². The number of aromatic nitrogens is 2. The largest absolute Gasteiger partial charge is 0.378 e. The summed E-state index contributed by atoms with van der Waals surface area (Å²) in [5.74, 6) is -1.54. The highest BCUT2D eigenvalue weighted by molar-refractivity contribution is 7.91. The molecule has 2 aliphatic heterocycles. The first-order valence-corrected chi connectivity index (χ1v) is 15.9. The topological polar surface area (TPSA) is 117 Å². The van der Waals surface area contributed by atoms with E-state index in [0.717, 1.165) is 49.4 Å². The Labute approximate surface area is 249 Å². The lowest BCUT2D eigenvalue weighted by Gasteiger charge is -2.46. The Morgan fingerprint density at radius 3 is 2.42 bits per heavy atom. The number of nitrogens with one attached hydrogen (secondary N) is 2. The number of halogens is 2. The normalized spacial score (nSPS) is 21.4. The van der Waals surface area contributed by atoms with Gasteiger partial charge in [-0.3, -0.25) is 9.52 Å². The summed E-state index contributed by atoms with van der Waals surface area (Å²) in [6.07, 6.45) is 5.91. The van der Waals surface area contributed by atoms with Crippen molar-refractivity contribution in [3.8, 4) is 0 Å². The molecule has 0 unspecified atom stereocenters. The maximum Gasteiger partial charge on any atom is 0.244 e. The molecule has 1 aliphatic carbocycles. The zero-order valence-electron chi connectivity index (χ0n) is 24.0. The van der Waals surface area contributed by atoms with Crippen LogP contribution in [-0.2, 0) is 37.3 Å². The van der Waals surface area contributed by atoms with Gasteiger partial charge in [0, 0.05) is 29.5 Å². The van der Waals surface area contributed by atoms with Gasteiger partial charge in [-0.2, -0.15) is 0 Å². The van der Waals surface area contributed by atoms with Gasteiger partial charge in [0.25, 0.3) is 0 Å². The molecular formula is C30H34F2N6O4S. The molecule has 0 atom stereocenters. The van der Waals surface area contributed by atoms with Crippen molar-refractivity contribution in [1.82, 2.24) is 14.9 Å². The lowest BCUT2D eigenvalue weighted by atomic mass is 9.76. The first-order chi connectivity index (χ1) is 20.5. The highest BCUT2D eigenvalue weighted by Crippen LogP contribution is 2.42. The van der Waals surface area contributed by atoms with Crippen molar-refractivity contribution in [2.45, 2.75) is 55.5 Å². The molecule has 13 heteroatoms. The number of hydrogen-bond donors (Lipinski definition) is 2. The van der Waals surface area contributed by atoms with Crippen molar-refractivity contribution < 1.29 is 26.7 Å². The lowest BCUT2D eigenvalue weighted by Crippen LogP contribution is -2.62. The second-order valence-electron chi connectivity index (χ2n) is 11.8. The number of carbonyl (C=O) groups excluding carboxylic acids is 1. The van der Waals surface area contributed by atoms with Gasteiger partial charge < -0.3 is 19.9 Å². The molecule has 10 nitrogen and oxygen atoms in total.